The molecule has 0 fully saturated rings. The van der Waals surface area contributed by atoms with Gasteiger partial charge in [0, 0.05) is 5.39 Å². The van der Waals surface area contributed by atoms with Gasteiger partial charge in [0.25, 0.3) is 0 Å². The Kier molecular flexibility index (Phi) is 2.60. The lowest BCUT2D eigenvalue weighted by Crippen LogP contribution is -1.90. The van der Waals surface area contributed by atoms with Crippen molar-refractivity contribution in [2.24, 2.45) is 0 Å². The molecule has 3 nitrogen and oxygen atoms in total. The van der Waals surface area contributed by atoms with Gasteiger partial charge in [0.1, 0.15) is 17.2 Å². The van der Waals surface area contributed by atoms with Gasteiger partial charge in [-0.15, -0.1) is 0 Å². The summed E-state index contributed by atoms with van der Waals surface area (Å²) >= 11 is 0. The molecule has 0 saturated heterocycles. The lowest BCUT2D eigenvalue weighted by molar-refractivity contribution is 0.410. The molecule has 2 rings (SSSR count). The summed E-state index contributed by atoms with van der Waals surface area (Å²) in [6.45, 7) is 1.98. The maximum Gasteiger partial charge on any atom is 0.130 e. The molecule has 0 aliphatic carbocycles. The van der Waals surface area contributed by atoms with Crippen LogP contribution in [-0.4, -0.2) is 19.3 Å². The maximum atomic E-state index is 9.86. The Balaban J connectivity index is 2.91. The third-order valence-corrected chi connectivity index (χ3v) is 2.60. The molecule has 16 heavy (non-hydrogen) atoms. The van der Waals surface area contributed by atoms with E-state index in [-0.39, 0.29) is 5.75 Å². The highest BCUT2D eigenvalue weighted by Crippen LogP contribution is 2.39. The summed E-state index contributed by atoms with van der Waals surface area (Å²) in [4.78, 5) is 0. The zero-order valence-corrected chi connectivity index (χ0v) is 9.57. The van der Waals surface area contributed by atoms with Crippen LogP contribution in [0.4, 0.5) is 0 Å². The largest absolute Gasteiger partial charge is 0.507 e. The van der Waals surface area contributed by atoms with Crippen LogP contribution in [0.2, 0.25) is 0 Å². The topological polar surface area (TPSA) is 38.7 Å². The van der Waals surface area contributed by atoms with E-state index >= 15 is 0 Å². The highest BCUT2D eigenvalue weighted by Gasteiger charge is 2.11. The SMILES string of the molecule is COc1ccc(O)c2c(OC)cc(C)cc12. The van der Waals surface area contributed by atoms with Crippen LogP contribution in [0.15, 0.2) is 24.3 Å². The number of methoxy groups -OCH3 is 2. The minimum Gasteiger partial charge on any atom is -0.507 e. The van der Waals surface area contributed by atoms with Gasteiger partial charge in [0.15, 0.2) is 0 Å². The number of ether oxygens (including phenoxy) is 2. The van der Waals surface area contributed by atoms with Crippen LogP contribution in [0.3, 0.4) is 0 Å². The van der Waals surface area contributed by atoms with Crippen LogP contribution in [0.25, 0.3) is 10.8 Å². The van der Waals surface area contributed by atoms with Gasteiger partial charge in [-0.3, -0.25) is 0 Å². The van der Waals surface area contributed by atoms with Crippen molar-refractivity contribution in [1.29, 1.82) is 0 Å². The molecular formula is C13H14O3. The minimum atomic E-state index is 0.202. The second kappa shape index (κ2) is 3.93. The first-order valence-electron chi connectivity index (χ1n) is 5.01. The Labute approximate surface area is 94.2 Å². The molecule has 0 amide bonds. The number of hydrogen-bond acceptors (Lipinski definition) is 3. The summed E-state index contributed by atoms with van der Waals surface area (Å²) in [5.74, 6) is 1.59. The minimum absolute atomic E-state index is 0.202. The van der Waals surface area contributed by atoms with E-state index in [1.165, 1.54) is 0 Å². The number of aromatic hydroxyl groups is 1. The first-order valence-corrected chi connectivity index (χ1v) is 5.01. The molecule has 1 N–H and O–H groups in total. The highest BCUT2D eigenvalue weighted by atomic mass is 16.5. The Bertz CT molecular complexity index is 532. The number of rotatable bonds is 2. The Morgan fingerprint density at radius 1 is 1.00 bits per heavy atom. The number of phenolic OH excluding ortho intramolecular Hbond substituents is 1. The standard InChI is InChI=1S/C13H14O3/c1-8-6-9-11(15-2)5-4-10(14)13(9)12(7-8)16-3/h4-7,14H,1-3H3. The molecule has 0 aliphatic rings. The summed E-state index contributed by atoms with van der Waals surface area (Å²) in [5.41, 5.74) is 1.06. The highest BCUT2D eigenvalue weighted by molar-refractivity contribution is 5.98. The Morgan fingerprint density at radius 2 is 1.69 bits per heavy atom. The first-order chi connectivity index (χ1) is 7.67. The fourth-order valence-corrected chi connectivity index (χ4v) is 1.88. The third kappa shape index (κ3) is 1.54. The van der Waals surface area contributed by atoms with Gasteiger partial charge < -0.3 is 14.6 Å². The average molecular weight is 218 g/mol. The molecular weight excluding hydrogens is 204 g/mol. The molecule has 0 unspecified atom stereocenters. The third-order valence-electron chi connectivity index (χ3n) is 2.60. The molecule has 0 heterocycles. The van der Waals surface area contributed by atoms with Crippen LogP contribution in [-0.2, 0) is 0 Å². The fourth-order valence-electron chi connectivity index (χ4n) is 1.88. The first kappa shape index (κ1) is 10.6. The number of fused-ring (bicyclic) bond motifs is 1. The molecule has 0 atom stereocenters. The van der Waals surface area contributed by atoms with Gasteiger partial charge in [-0.1, -0.05) is 0 Å². The summed E-state index contributed by atoms with van der Waals surface area (Å²) in [6.07, 6.45) is 0. The second-order valence-corrected chi connectivity index (χ2v) is 3.68. The van der Waals surface area contributed by atoms with Crippen LogP contribution in [0.1, 0.15) is 5.56 Å². The molecule has 2 aromatic carbocycles. The van der Waals surface area contributed by atoms with E-state index in [9.17, 15) is 5.11 Å². The molecule has 3 heteroatoms. The summed E-state index contributed by atoms with van der Waals surface area (Å²) in [6, 6.07) is 7.22. The summed E-state index contributed by atoms with van der Waals surface area (Å²) < 4.78 is 10.5. The van der Waals surface area contributed by atoms with Gasteiger partial charge in [0.05, 0.1) is 19.6 Å². The van der Waals surface area contributed by atoms with Crippen LogP contribution in [0, 0.1) is 6.92 Å². The van der Waals surface area contributed by atoms with E-state index < -0.39 is 0 Å². The lowest BCUT2D eigenvalue weighted by Gasteiger charge is -2.11. The molecule has 0 radical (unpaired) electrons. The maximum absolute atomic E-state index is 9.86. The van der Waals surface area contributed by atoms with E-state index in [1.807, 2.05) is 19.1 Å². The van der Waals surface area contributed by atoms with Gasteiger partial charge >= 0.3 is 0 Å². The number of phenols is 1. The molecule has 0 aromatic heterocycles. The van der Waals surface area contributed by atoms with E-state index in [4.69, 9.17) is 9.47 Å². The number of aryl methyl sites for hydroxylation is 1. The molecule has 0 aliphatic heterocycles. The summed E-state index contributed by atoms with van der Waals surface area (Å²) in [7, 11) is 3.20. The lowest BCUT2D eigenvalue weighted by atomic mass is 10.0. The molecule has 2 aromatic rings. The molecule has 0 saturated carbocycles. The molecule has 0 spiro atoms. The average Bonchev–Trinajstić information content (AvgIpc) is 2.28. The van der Waals surface area contributed by atoms with Gasteiger partial charge in [0.2, 0.25) is 0 Å². The Hall–Kier alpha value is -1.90. The van der Waals surface area contributed by atoms with Crippen molar-refractivity contribution in [3.8, 4) is 17.2 Å². The predicted octanol–water partition coefficient (Wildman–Crippen LogP) is 2.87. The van der Waals surface area contributed by atoms with Gasteiger partial charge in [-0.05, 0) is 36.8 Å². The Morgan fingerprint density at radius 3 is 2.31 bits per heavy atom. The van der Waals surface area contributed by atoms with Crippen molar-refractivity contribution >= 4 is 10.8 Å². The van der Waals surface area contributed by atoms with Crippen molar-refractivity contribution in [3.63, 3.8) is 0 Å². The van der Waals surface area contributed by atoms with Crippen molar-refractivity contribution in [3.05, 3.63) is 29.8 Å². The van der Waals surface area contributed by atoms with Crippen molar-refractivity contribution in [2.75, 3.05) is 14.2 Å². The van der Waals surface area contributed by atoms with E-state index in [1.54, 1.807) is 26.4 Å². The van der Waals surface area contributed by atoms with E-state index in [0.29, 0.717) is 11.1 Å². The molecule has 84 valence electrons. The van der Waals surface area contributed by atoms with Crippen LogP contribution < -0.4 is 9.47 Å². The number of benzene rings is 2. The van der Waals surface area contributed by atoms with E-state index in [0.717, 1.165) is 16.7 Å². The normalized spacial score (nSPS) is 10.4. The van der Waals surface area contributed by atoms with E-state index in [2.05, 4.69) is 0 Å². The second-order valence-electron chi connectivity index (χ2n) is 3.68. The van der Waals surface area contributed by atoms with Crippen LogP contribution in [0.5, 0.6) is 17.2 Å². The summed E-state index contributed by atoms with van der Waals surface area (Å²) in [5, 5.41) is 11.4. The quantitative estimate of drug-likeness (QED) is 0.842. The molecule has 0 bridgehead atoms. The van der Waals surface area contributed by atoms with Crippen LogP contribution >= 0.6 is 0 Å². The smallest absolute Gasteiger partial charge is 0.130 e. The van der Waals surface area contributed by atoms with Gasteiger partial charge in [-0.2, -0.15) is 0 Å². The zero-order valence-electron chi connectivity index (χ0n) is 9.57. The van der Waals surface area contributed by atoms with Crippen molar-refractivity contribution < 1.29 is 14.6 Å². The monoisotopic (exact) mass is 218 g/mol. The van der Waals surface area contributed by atoms with Gasteiger partial charge in [-0.25, -0.2) is 0 Å². The van der Waals surface area contributed by atoms with Crippen molar-refractivity contribution in [1.82, 2.24) is 0 Å². The number of hydrogen-bond donors (Lipinski definition) is 1. The fraction of sp³-hybridized carbons (Fsp3) is 0.231. The predicted molar refractivity (Wildman–Crippen MR) is 63.5 cm³/mol. The zero-order chi connectivity index (χ0) is 11.7. The van der Waals surface area contributed by atoms with Crippen molar-refractivity contribution in [2.45, 2.75) is 6.92 Å².